The molecule has 9 heteroatoms. The normalized spacial score (nSPS) is 11.7. The van der Waals surface area contributed by atoms with Crippen molar-refractivity contribution in [3.8, 4) is 5.75 Å². The summed E-state index contributed by atoms with van der Waals surface area (Å²) in [5.74, 6) is -1.47. The van der Waals surface area contributed by atoms with Crippen molar-refractivity contribution in [1.82, 2.24) is 0 Å². The van der Waals surface area contributed by atoms with Gasteiger partial charge in [-0.15, -0.1) is 0 Å². The Kier molecular flexibility index (Phi) is 6.35. The molecular formula is C16H14ClFNO5S-. The van der Waals surface area contributed by atoms with Gasteiger partial charge in [-0.05, 0) is 37.3 Å². The van der Waals surface area contributed by atoms with Crippen LogP contribution in [0.4, 0.5) is 15.8 Å². The van der Waals surface area contributed by atoms with Gasteiger partial charge in [-0.3, -0.25) is 8.51 Å². The van der Waals surface area contributed by atoms with Gasteiger partial charge in [-0.2, -0.15) is 0 Å². The highest BCUT2D eigenvalue weighted by atomic mass is 35.5. The number of hydrogen-bond donors (Lipinski definition) is 0. The average Bonchev–Trinajstić information content (AvgIpc) is 2.57. The minimum Gasteiger partial charge on any atom is -0.755 e. The van der Waals surface area contributed by atoms with Crippen LogP contribution < -0.4 is 9.04 Å². The van der Waals surface area contributed by atoms with Crippen LogP contribution in [-0.4, -0.2) is 28.4 Å². The molecule has 0 spiro atoms. The second-order valence-corrected chi connectivity index (χ2v) is 5.95. The highest BCUT2D eigenvalue weighted by Crippen LogP contribution is 2.37. The minimum atomic E-state index is -2.85. The number of ether oxygens (including phenoxy) is 2. The monoisotopic (exact) mass is 386 g/mol. The summed E-state index contributed by atoms with van der Waals surface area (Å²) in [5.41, 5.74) is -0.229. The van der Waals surface area contributed by atoms with E-state index in [-0.39, 0.29) is 29.3 Å². The summed E-state index contributed by atoms with van der Waals surface area (Å²) in [6, 6.07) is 7.60. The topological polar surface area (TPSA) is 78.9 Å². The van der Waals surface area contributed by atoms with E-state index in [1.807, 2.05) is 0 Å². The van der Waals surface area contributed by atoms with Gasteiger partial charge in [0.05, 0.1) is 41.9 Å². The van der Waals surface area contributed by atoms with Crippen LogP contribution in [0.2, 0.25) is 5.02 Å². The van der Waals surface area contributed by atoms with E-state index in [1.165, 1.54) is 37.4 Å². The van der Waals surface area contributed by atoms with Crippen LogP contribution in [0.1, 0.15) is 17.3 Å². The van der Waals surface area contributed by atoms with Crippen molar-refractivity contribution < 1.29 is 27.4 Å². The molecule has 0 aromatic heterocycles. The summed E-state index contributed by atoms with van der Waals surface area (Å²) in [6.07, 6.45) is 0. The van der Waals surface area contributed by atoms with Gasteiger partial charge < -0.3 is 14.0 Å². The molecule has 1 unspecified atom stereocenters. The molecule has 2 rings (SSSR count). The lowest BCUT2D eigenvalue weighted by atomic mass is 10.2. The van der Waals surface area contributed by atoms with Crippen LogP contribution in [0.5, 0.6) is 5.75 Å². The molecule has 0 bridgehead atoms. The standard InChI is InChI=1S/C16H15ClFNO5S/c1-3-24-16(20)10-4-6-13(12(18)8-10)19(25(21)22)14-7-5-11(17)9-15(14)23-2/h4-9H,3H2,1-2H3,(H,21,22)/p-1. The van der Waals surface area contributed by atoms with Crippen molar-refractivity contribution in [2.24, 2.45) is 0 Å². The van der Waals surface area contributed by atoms with E-state index in [2.05, 4.69) is 0 Å². The zero-order valence-corrected chi connectivity index (χ0v) is 14.9. The molecule has 0 amide bonds. The van der Waals surface area contributed by atoms with Crippen LogP contribution in [-0.2, 0) is 16.0 Å². The van der Waals surface area contributed by atoms with Crippen molar-refractivity contribution >= 4 is 40.2 Å². The first kappa shape index (κ1) is 19.2. The first-order chi connectivity index (χ1) is 11.9. The number of esters is 1. The summed E-state index contributed by atoms with van der Waals surface area (Å²) < 4.78 is 48.5. The van der Waals surface area contributed by atoms with Gasteiger partial charge in [0.2, 0.25) is 0 Å². The summed E-state index contributed by atoms with van der Waals surface area (Å²) in [5, 5.41) is 0.329. The van der Waals surface area contributed by atoms with Crippen molar-refractivity contribution in [1.29, 1.82) is 0 Å². The molecule has 0 N–H and O–H groups in total. The molecule has 0 saturated carbocycles. The summed E-state index contributed by atoms with van der Waals surface area (Å²) >= 11 is 3.01. The molecule has 0 fully saturated rings. The number of methoxy groups -OCH3 is 1. The fraction of sp³-hybridized carbons (Fsp3) is 0.188. The number of hydrogen-bond acceptors (Lipinski definition) is 5. The highest BCUT2D eigenvalue weighted by Gasteiger charge is 2.20. The fourth-order valence-corrected chi connectivity index (χ4v) is 2.90. The maximum atomic E-state index is 14.5. The third-order valence-corrected chi connectivity index (χ3v) is 4.11. The SMILES string of the molecule is CCOC(=O)c1ccc(N(c2ccc(Cl)cc2OC)S(=O)[O-])c(F)c1. The van der Waals surface area contributed by atoms with Crippen LogP contribution in [0.15, 0.2) is 36.4 Å². The molecule has 0 aliphatic heterocycles. The van der Waals surface area contributed by atoms with Crippen LogP contribution >= 0.6 is 11.6 Å². The minimum absolute atomic E-state index is 0.0252. The quantitative estimate of drug-likeness (QED) is 0.560. The Labute approximate surface area is 151 Å². The first-order valence-corrected chi connectivity index (χ1v) is 8.49. The second kappa shape index (κ2) is 8.28. The first-order valence-electron chi connectivity index (χ1n) is 7.08. The molecule has 1 atom stereocenters. The number of carbonyl (C=O) groups excluding carboxylic acids is 1. The van der Waals surface area contributed by atoms with Gasteiger partial charge in [-0.1, -0.05) is 11.6 Å². The van der Waals surface area contributed by atoms with E-state index in [4.69, 9.17) is 21.1 Å². The Bertz CT molecular complexity index is 817. The number of carbonyl (C=O) groups is 1. The van der Waals surface area contributed by atoms with Gasteiger partial charge in [0.25, 0.3) is 0 Å². The predicted octanol–water partition coefficient (Wildman–Crippen LogP) is 3.60. The van der Waals surface area contributed by atoms with E-state index in [9.17, 15) is 17.9 Å². The third-order valence-electron chi connectivity index (χ3n) is 3.19. The Morgan fingerprint density at radius 2 is 1.96 bits per heavy atom. The molecule has 0 aliphatic rings. The van der Waals surface area contributed by atoms with Crippen LogP contribution in [0.3, 0.4) is 0 Å². The van der Waals surface area contributed by atoms with Crippen molar-refractivity contribution in [3.63, 3.8) is 0 Å². The second-order valence-electron chi connectivity index (χ2n) is 4.71. The Morgan fingerprint density at radius 3 is 2.52 bits per heavy atom. The Hall–Kier alpha value is -2.16. The summed E-state index contributed by atoms with van der Waals surface area (Å²) in [7, 11) is 1.33. The van der Waals surface area contributed by atoms with E-state index in [1.54, 1.807) is 6.92 Å². The lowest BCUT2D eigenvalue weighted by Gasteiger charge is -2.28. The molecular weight excluding hydrogens is 373 g/mol. The molecule has 6 nitrogen and oxygen atoms in total. The van der Waals surface area contributed by atoms with Gasteiger partial charge in [0, 0.05) is 11.1 Å². The van der Waals surface area contributed by atoms with Gasteiger partial charge in [0.1, 0.15) is 11.6 Å². The zero-order chi connectivity index (χ0) is 18.6. The van der Waals surface area contributed by atoms with Crippen molar-refractivity contribution in [2.75, 3.05) is 18.0 Å². The van der Waals surface area contributed by atoms with E-state index < -0.39 is 23.1 Å². The molecule has 0 radical (unpaired) electrons. The van der Waals surface area contributed by atoms with Crippen molar-refractivity contribution in [3.05, 3.63) is 52.8 Å². The lowest BCUT2D eigenvalue weighted by molar-refractivity contribution is 0.0526. The zero-order valence-electron chi connectivity index (χ0n) is 13.3. The highest BCUT2D eigenvalue weighted by molar-refractivity contribution is 7.81. The predicted molar refractivity (Wildman–Crippen MR) is 91.4 cm³/mol. The molecule has 0 aliphatic carbocycles. The number of anilines is 2. The van der Waals surface area contributed by atoms with Crippen molar-refractivity contribution in [2.45, 2.75) is 6.92 Å². The third kappa shape index (κ3) is 4.28. The van der Waals surface area contributed by atoms with Crippen LogP contribution in [0, 0.1) is 5.82 Å². The number of halogens is 2. The van der Waals surface area contributed by atoms with Gasteiger partial charge >= 0.3 is 5.97 Å². The molecule has 25 heavy (non-hydrogen) atoms. The number of benzene rings is 2. The smallest absolute Gasteiger partial charge is 0.338 e. The molecule has 134 valence electrons. The number of nitrogens with zero attached hydrogens (tertiary/aromatic N) is 1. The molecule has 2 aromatic carbocycles. The number of rotatable bonds is 6. The molecule has 2 aromatic rings. The Morgan fingerprint density at radius 1 is 1.28 bits per heavy atom. The van der Waals surface area contributed by atoms with E-state index in [0.717, 1.165) is 6.07 Å². The summed E-state index contributed by atoms with van der Waals surface area (Å²) in [6.45, 7) is 1.76. The van der Waals surface area contributed by atoms with Crippen LogP contribution in [0.25, 0.3) is 0 Å². The molecule has 0 saturated heterocycles. The fourth-order valence-electron chi connectivity index (χ4n) is 2.12. The maximum Gasteiger partial charge on any atom is 0.338 e. The van der Waals surface area contributed by atoms with Gasteiger partial charge in [0.15, 0.2) is 0 Å². The van der Waals surface area contributed by atoms with E-state index in [0.29, 0.717) is 9.33 Å². The van der Waals surface area contributed by atoms with E-state index >= 15 is 0 Å². The maximum absolute atomic E-state index is 14.5. The summed E-state index contributed by atoms with van der Waals surface area (Å²) in [4.78, 5) is 11.7. The largest absolute Gasteiger partial charge is 0.755 e. The Balaban J connectivity index is 2.52. The lowest BCUT2D eigenvalue weighted by Crippen LogP contribution is -2.21. The molecule has 0 heterocycles. The average molecular weight is 387 g/mol. The van der Waals surface area contributed by atoms with Gasteiger partial charge in [-0.25, -0.2) is 9.18 Å².